The van der Waals surface area contributed by atoms with Crippen LogP contribution in [0.5, 0.6) is 0 Å². The molecule has 0 aliphatic carbocycles. The monoisotopic (exact) mass is 338 g/mol. The Balaban J connectivity index is 1.89. The third-order valence-corrected chi connectivity index (χ3v) is 4.51. The zero-order valence-corrected chi connectivity index (χ0v) is 14.1. The number of pyridine rings is 1. The van der Waals surface area contributed by atoms with Crippen LogP contribution in [0.2, 0.25) is 0 Å². The number of fused-ring (bicyclic) bond motifs is 1. The highest BCUT2D eigenvalue weighted by Crippen LogP contribution is 2.18. The Morgan fingerprint density at radius 3 is 2.58 bits per heavy atom. The second-order valence-electron chi connectivity index (χ2n) is 5.49. The van der Waals surface area contributed by atoms with Crippen molar-refractivity contribution in [3.8, 4) is 0 Å². The smallest absolute Gasteiger partial charge is 0.268 e. The molecule has 0 saturated heterocycles. The quantitative estimate of drug-likeness (QED) is 0.750. The number of rotatable bonds is 5. The minimum atomic E-state index is -0.277. The first kappa shape index (κ1) is 16.3. The molecule has 1 heterocycles. The summed E-state index contributed by atoms with van der Waals surface area (Å²) in [5, 5.41) is 4.35. The van der Waals surface area contributed by atoms with Gasteiger partial charge in [0.05, 0.1) is 6.04 Å². The van der Waals surface area contributed by atoms with Gasteiger partial charge < -0.3 is 10.3 Å². The molecule has 0 spiro atoms. The number of amides is 1. The van der Waals surface area contributed by atoms with Crippen LogP contribution in [0.1, 0.15) is 22.1 Å². The summed E-state index contributed by atoms with van der Waals surface area (Å²) < 4.78 is 0. The zero-order chi connectivity index (χ0) is 16.9. The lowest BCUT2D eigenvalue weighted by atomic mass is 10.1. The lowest BCUT2D eigenvalue weighted by Crippen LogP contribution is -2.31. The number of thioether (sulfide) groups is 1. The average Bonchev–Trinajstić information content (AvgIpc) is 2.62. The molecule has 2 N–H and O–H groups in total. The van der Waals surface area contributed by atoms with Crippen LogP contribution in [0.3, 0.4) is 0 Å². The molecule has 24 heavy (non-hydrogen) atoms. The highest BCUT2D eigenvalue weighted by Gasteiger charge is 2.16. The summed E-state index contributed by atoms with van der Waals surface area (Å²) in [5.41, 5.74) is 1.07. The van der Waals surface area contributed by atoms with E-state index in [1.165, 1.54) is 0 Å². The number of carbonyl (C=O) groups excluding carboxylic acids is 1. The molecule has 2 aromatic carbocycles. The van der Waals surface area contributed by atoms with E-state index in [4.69, 9.17) is 0 Å². The topological polar surface area (TPSA) is 62.0 Å². The number of aromatic amines is 1. The van der Waals surface area contributed by atoms with Crippen molar-refractivity contribution in [3.05, 3.63) is 82.3 Å². The van der Waals surface area contributed by atoms with Crippen molar-refractivity contribution >= 4 is 28.4 Å². The Hall–Kier alpha value is -2.53. The third kappa shape index (κ3) is 3.51. The van der Waals surface area contributed by atoms with Gasteiger partial charge in [0, 0.05) is 11.1 Å². The molecule has 0 bridgehead atoms. The fourth-order valence-corrected chi connectivity index (χ4v) is 3.25. The lowest BCUT2D eigenvalue weighted by Gasteiger charge is -2.18. The Morgan fingerprint density at radius 1 is 1.12 bits per heavy atom. The molecule has 0 unspecified atom stereocenters. The zero-order valence-electron chi connectivity index (χ0n) is 13.3. The van der Waals surface area contributed by atoms with Crippen molar-refractivity contribution in [2.75, 3.05) is 12.0 Å². The van der Waals surface area contributed by atoms with E-state index in [-0.39, 0.29) is 23.2 Å². The molecule has 0 aliphatic heterocycles. The summed E-state index contributed by atoms with van der Waals surface area (Å²) in [6, 6.07) is 18.7. The van der Waals surface area contributed by atoms with Crippen molar-refractivity contribution in [2.24, 2.45) is 0 Å². The molecule has 3 aromatic rings. The van der Waals surface area contributed by atoms with Crippen LogP contribution < -0.4 is 10.9 Å². The normalized spacial score (nSPS) is 12.0. The van der Waals surface area contributed by atoms with Gasteiger partial charge in [-0.15, -0.1) is 0 Å². The molecule has 1 amide bonds. The van der Waals surface area contributed by atoms with Crippen molar-refractivity contribution in [3.63, 3.8) is 0 Å². The van der Waals surface area contributed by atoms with Gasteiger partial charge in [0.25, 0.3) is 11.5 Å². The second-order valence-corrected chi connectivity index (χ2v) is 6.40. The van der Waals surface area contributed by atoms with Crippen LogP contribution >= 0.6 is 11.8 Å². The molecule has 5 heteroatoms. The molecule has 1 aromatic heterocycles. The number of carbonyl (C=O) groups is 1. The summed E-state index contributed by atoms with van der Waals surface area (Å²) in [6.07, 6.45) is 2.00. The molecule has 0 fully saturated rings. The van der Waals surface area contributed by atoms with Gasteiger partial charge >= 0.3 is 0 Å². The van der Waals surface area contributed by atoms with Gasteiger partial charge in [-0.2, -0.15) is 11.8 Å². The summed E-state index contributed by atoms with van der Waals surface area (Å²) >= 11 is 1.66. The molecular formula is C19H18N2O2S. The highest BCUT2D eigenvalue weighted by atomic mass is 32.2. The van der Waals surface area contributed by atoms with E-state index in [1.807, 2.05) is 48.7 Å². The fourth-order valence-electron chi connectivity index (χ4n) is 2.64. The van der Waals surface area contributed by atoms with E-state index in [0.29, 0.717) is 5.39 Å². The average molecular weight is 338 g/mol. The van der Waals surface area contributed by atoms with E-state index in [0.717, 1.165) is 16.7 Å². The Bertz CT molecular complexity index is 906. The number of aromatic nitrogens is 1. The van der Waals surface area contributed by atoms with E-state index in [1.54, 1.807) is 30.0 Å². The van der Waals surface area contributed by atoms with E-state index >= 15 is 0 Å². The van der Waals surface area contributed by atoms with Gasteiger partial charge in [-0.1, -0.05) is 48.5 Å². The van der Waals surface area contributed by atoms with Crippen LogP contribution in [0.25, 0.3) is 10.8 Å². The van der Waals surface area contributed by atoms with Crippen LogP contribution in [0, 0.1) is 0 Å². The first-order valence-corrected chi connectivity index (χ1v) is 9.05. The predicted octanol–water partition coefficient (Wildman–Crippen LogP) is 3.36. The molecule has 3 rings (SSSR count). The first-order valence-electron chi connectivity index (χ1n) is 7.66. The number of hydrogen-bond donors (Lipinski definition) is 2. The van der Waals surface area contributed by atoms with E-state index < -0.39 is 0 Å². The van der Waals surface area contributed by atoms with Gasteiger partial charge in [-0.3, -0.25) is 9.59 Å². The van der Waals surface area contributed by atoms with Crippen LogP contribution in [-0.4, -0.2) is 22.9 Å². The van der Waals surface area contributed by atoms with Crippen molar-refractivity contribution < 1.29 is 4.79 Å². The van der Waals surface area contributed by atoms with Crippen molar-refractivity contribution in [2.45, 2.75) is 6.04 Å². The summed E-state index contributed by atoms with van der Waals surface area (Å²) in [4.78, 5) is 27.4. The molecular weight excluding hydrogens is 320 g/mol. The van der Waals surface area contributed by atoms with Gasteiger partial charge in [-0.25, -0.2) is 0 Å². The Morgan fingerprint density at radius 2 is 1.83 bits per heavy atom. The van der Waals surface area contributed by atoms with E-state index in [9.17, 15) is 9.59 Å². The first-order chi connectivity index (χ1) is 11.7. The van der Waals surface area contributed by atoms with Crippen molar-refractivity contribution in [1.29, 1.82) is 0 Å². The predicted molar refractivity (Wildman–Crippen MR) is 99.6 cm³/mol. The van der Waals surface area contributed by atoms with Gasteiger partial charge in [0.1, 0.15) is 5.69 Å². The van der Waals surface area contributed by atoms with Gasteiger partial charge in [0.15, 0.2) is 0 Å². The largest absolute Gasteiger partial charge is 0.343 e. The fraction of sp³-hybridized carbons (Fsp3) is 0.158. The Kier molecular flexibility index (Phi) is 5.01. The number of hydrogen-bond acceptors (Lipinski definition) is 3. The van der Waals surface area contributed by atoms with Crippen LogP contribution in [-0.2, 0) is 0 Å². The molecule has 0 aliphatic rings. The van der Waals surface area contributed by atoms with Crippen molar-refractivity contribution in [1.82, 2.24) is 10.3 Å². The molecule has 0 saturated carbocycles. The summed E-state index contributed by atoms with van der Waals surface area (Å²) in [7, 11) is 0. The standard InChI is InChI=1S/C19H18N2O2S/c1-24-12-17(13-7-3-2-4-8-13)21-19(23)16-11-14-9-5-6-10-15(14)18(22)20-16/h2-11,17H,12H2,1H3,(H,20,22)(H,21,23)/t17-/m0/s1. The minimum absolute atomic E-state index is 0.108. The van der Waals surface area contributed by atoms with E-state index in [2.05, 4.69) is 10.3 Å². The van der Waals surface area contributed by atoms with Gasteiger partial charge in [0.2, 0.25) is 0 Å². The maximum Gasteiger partial charge on any atom is 0.268 e. The number of nitrogens with one attached hydrogen (secondary N) is 2. The molecule has 1 atom stereocenters. The molecule has 122 valence electrons. The number of H-pyrrole nitrogens is 1. The SMILES string of the molecule is CSC[C@H](NC(=O)c1cc2ccccc2c(=O)[nH]1)c1ccccc1. The minimum Gasteiger partial charge on any atom is -0.343 e. The third-order valence-electron chi connectivity index (χ3n) is 3.84. The molecule has 4 nitrogen and oxygen atoms in total. The summed E-state index contributed by atoms with van der Waals surface area (Å²) in [6.45, 7) is 0. The maximum atomic E-state index is 12.6. The maximum absolute atomic E-state index is 12.6. The van der Waals surface area contributed by atoms with Crippen LogP contribution in [0.15, 0.2) is 65.5 Å². The Labute approximate surface area is 144 Å². The number of benzene rings is 2. The van der Waals surface area contributed by atoms with Gasteiger partial charge in [-0.05, 0) is 29.3 Å². The lowest BCUT2D eigenvalue weighted by molar-refractivity contribution is 0.0935. The van der Waals surface area contributed by atoms with Crippen LogP contribution in [0.4, 0.5) is 0 Å². The highest BCUT2D eigenvalue weighted by molar-refractivity contribution is 7.98. The second kappa shape index (κ2) is 7.36. The summed E-state index contributed by atoms with van der Waals surface area (Å²) in [5.74, 6) is 0.480. The molecule has 0 radical (unpaired) electrons.